The summed E-state index contributed by atoms with van der Waals surface area (Å²) in [6, 6.07) is 39.5. The van der Waals surface area contributed by atoms with Crippen molar-refractivity contribution in [3.63, 3.8) is 0 Å². The van der Waals surface area contributed by atoms with Gasteiger partial charge in [-0.3, -0.25) is 0 Å². The largest absolute Gasteiger partial charge is 0.371 e. The second-order valence-electron chi connectivity index (χ2n) is 10.5. The van der Waals surface area contributed by atoms with Crippen molar-refractivity contribution in [2.45, 2.75) is 13.3 Å². The summed E-state index contributed by atoms with van der Waals surface area (Å²) in [6.07, 6.45) is 5.22. The Morgan fingerprint density at radius 1 is 0.780 bits per heavy atom. The maximum Gasteiger partial charge on any atom is 0.0765 e. The first-order valence-corrected chi connectivity index (χ1v) is 15.0. The van der Waals surface area contributed by atoms with Gasteiger partial charge in [0.25, 0.3) is 0 Å². The summed E-state index contributed by atoms with van der Waals surface area (Å²) in [6.45, 7) is 7.36. The summed E-state index contributed by atoms with van der Waals surface area (Å²) in [7, 11) is 2.07. The number of allylic oxidation sites excluding steroid dienone is 1. The fourth-order valence-corrected chi connectivity index (χ4v) is 6.12. The Kier molecular flexibility index (Phi) is 7.91. The fourth-order valence-electron chi connectivity index (χ4n) is 5.95. The molecule has 5 aromatic carbocycles. The van der Waals surface area contributed by atoms with Crippen molar-refractivity contribution in [2.24, 2.45) is 0 Å². The van der Waals surface area contributed by atoms with Crippen molar-refractivity contribution in [3.05, 3.63) is 150 Å². The van der Waals surface area contributed by atoms with E-state index in [2.05, 4.69) is 173 Å². The minimum absolute atomic E-state index is 0.705. The SMILES string of the molecule is C=C(c1ccccc1/C=C\C)c1cccc(-c2cccc(-c3cccc4c3-c3ccccc3C4)c2)c1NCN(C)I. The van der Waals surface area contributed by atoms with E-state index >= 15 is 0 Å². The van der Waals surface area contributed by atoms with Crippen molar-refractivity contribution in [1.29, 1.82) is 0 Å². The molecule has 5 aromatic rings. The highest BCUT2D eigenvalue weighted by Gasteiger charge is 2.22. The predicted molar refractivity (Wildman–Crippen MR) is 185 cm³/mol. The van der Waals surface area contributed by atoms with Gasteiger partial charge in [0, 0.05) is 34.0 Å². The lowest BCUT2D eigenvalue weighted by Crippen LogP contribution is -2.16. The molecule has 202 valence electrons. The molecule has 0 aromatic heterocycles. The molecule has 0 heterocycles. The molecule has 0 unspecified atom stereocenters. The molecule has 1 aliphatic carbocycles. The topological polar surface area (TPSA) is 15.3 Å². The van der Waals surface area contributed by atoms with Crippen LogP contribution in [0.4, 0.5) is 5.69 Å². The van der Waals surface area contributed by atoms with E-state index in [0.717, 1.165) is 28.8 Å². The Bertz CT molecular complexity index is 1780. The molecule has 1 N–H and O–H groups in total. The quantitative estimate of drug-likeness (QED) is 0.101. The molecule has 0 amide bonds. The molecular formula is C38H33IN2. The highest BCUT2D eigenvalue weighted by molar-refractivity contribution is 14.1. The zero-order valence-electron chi connectivity index (χ0n) is 23.5. The lowest BCUT2D eigenvalue weighted by molar-refractivity contribution is 0.659. The second kappa shape index (κ2) is 11.9. The molecular weight excluding hydrogens is 611 g/mol. The third-order valence-corrected chi connectivity index (χ3v) is 8.14. The van der Waals surface area contributed by atoms with Gasteiger partial charge in [0.05, 0.1) is 12.4 Å². The first kappa shape index (κ1) is 27.3. The van der Waals surface area contributed by atoms with Crippen LogP contribution >= 0.6 is 22.9 Å². The van der Waals surface area contributed by atoms with Gasteiger partial charge < -0.3 is 5.32 Å². The number of rotatable bonds is 8. The van der Waals surface area contributed by atoms with Crippen LogP contribution in [0, 0.1) is 0 Å². The first-order chi connectivity index (χ1) is 20.0. The van der Waals surface area contributed by atoms with Gasteiger partial charge in [-0.2, -0.15) is 0 Å². The Labute approximate surface area is 257 Å². The maximum atomic E-state index is 4.60. The number of para-hydroxylation sites is 1. The molecule has 0 saturated carbocycles. The number of fused-ring (bicyclic) bond motifs is 3. The van der Waals surface area contributed by atoms with E-state index in [4.69, 9.17) is 0 Å². The predicted octanol–water partition coefficient (Wildman–Crippen LogP) is 10.3. The highest BCUT2D eigenvalue weighted by Crippen LogP contribution is 2.44. The number of nitrogens with zero attached hydrogens (tertiary/aromatic N) is 1. The lowest BCUT2D eigenvalue weighted by Gasteiger charge is -2.21. The van der Waals surface area contributed by atoms with Gasteiger partial charge in [-0.05, 0) is 82.1 Å². The van der Waals surface area contributed by atoms with E-state index in [1.54, 1.807) is 0 Å². The van der Waals surface area contributed by atoms with Gasteiger partial charge in [0.2, 0.25) is 0 Å². The van der Waals surface area contributed by atoms with E-state index in [-0.39, 0.29) is 0 Å². The van der Waals surface area contributed by atoms with Crippen LogP contribution in [0.25, 0.3) is 45.0 Å². The Morgan fingerprint density at radius 3 is 2.24 bits per heavy atom. The van der Waals surface area contributed by atoms with Crippen molar-refractivity contribution in [1.82, 2.24) is 3.11 Å². The van der Waals surface area contributed by atoms with E-state index < -0.39 is 0 Å². The summed E-state index contributed by atoms with van der Waals surface area (Å²) in [5.74, 6) is 0. The molecule has 0 atom stereocenters. The van der Waals surface area contributed by atoms with Crippen molar-refractivity contribution in [3.8, 4) is 33.4 Å². The van der Waals surface area contributed by atoms with Crippen molar-refractivity contribution < 1.29 is 0 Å². The number of hydrogen-bond donors (Lipinski definition) is 1. The Hall–Kier alpha value is -3.93. The number of hydrogen-bond acceptors (Lipinski definition) is 2. The maximum absolute atomic E-state index is 4.60. The molecule has 0 spiro atoms. The summed E-state index contributed by atoms with van der Waals surface area (Å²) < 4.78 is 2.12. The number of halogens is 1. The molecule has 41 heavy (non-hydrogen) atoms. The third-order valence-electron chi connectivity index (χ3n) is 7.80. The highest BCUT2D eigenvalue weighted by atomic mass is 127. The number of anilines is 1. The van der Waals surface area contributed by atoms with Crippen molar-refractivity contribution in [2.75, 3.05) is 19.0 Å². The van der Waals surface area contributed by atoms with Gasteiger partial charge >= 0.3 is 0 Å². The van der Waals surface area contributed by atoms with Crippen LogP contribution in [0.15, 0.2) is 122 Å². The monoisotopic (exact) mass is 644 g/mol. The van der Waals surface area contributed by atoms with Crippen LogP contribution in [-0.2, 0) is 6.42 Å². The Balaban J connectivity index is 1.47. The summed E-state index contributed by atoms with van der Waals surface area (Å²) in [5, 5.41) is 3.74. The van der Waals surface area contributed by atoms with Gasteiger partial charge in [-0.25, -0.2) is 3.11 Å². The van der Waals surface area contributed by atoms with Crippen LogP contribution in [0.2, 0.25) is 0 Å². The van der Waals surface area contributed by atoms with Gasteiger partial charge in [0.15, 0.2) is 0 Å². The van der Waals surface area contributed by atoms with E-state index in [1.807, 2.05) is 0 Å². The van der Waals surface area contributed by atoms with E-state index in [9.17, 15) is 0 Å². The van der Waals surface area contributed by atoms with E-state index in [1.165, 1.54) is 50.1 Å². The van der Waals surface area contributed by atoms with Crippen LogP contribution < -0.4 is 5.32 Å². The molecule has 6 rings (SSSR count). The molecule has 0 radical (unpaired) electrons. The average molecular weight is 645 g/mol. The van der Waals surface area contributed by atoms with Gasteiger partial charge in [-0.15, -0.1) is 0 Å². The number of benzene rings is 5. The molecule has 2 nitrogen and oxygen atoms in total. The standard InChI is InChI=1S/C38H33IN2/c1-4-12-27-13-5-7-18-32(27)26(2)33-20-11-22-36(38(33)40-25-41(3)39)30-16-9-15-29(23-30)35-21-10-17-31-24-28-14-6-8-19-34(28)37(31)35/h4-23,40H,2,24-25H2,1,3H3/b12-4-. The van der Waals surface area contributed by atoms with Gasteiger partial charge in [0.1, 0.15) is 0 Å². The summed E-state index contributed by atoms with van der Waals surface area (Å²) >= 11 is 2.32. The van der Waals surface area contributed by atoms with Gasteiger partial charge in [-0.1, -0.05) is 122 Å². The smallest absolute Gasteiger partial charge is 0.0765 e. The first-order valence-electron chi connectivity index (χ1n) is 14.0. The summed E-state index contributed by atoms with van der Waals surface area (Å²) in [4.78, 5) is 0. The zero-order chi connectivity index (χ0) is 28.3. The molecule has 3 heteroatoms. The second-order valence-corrected chi connectivity index (χ2v) is 12.1. The average Bonchev–Trinajstić information content (AvgIpc) is 3.39. The van der Waals surface area contributed by atoms with Crippen molar-refractivity contribution >= 4 is 40.2 Å². The van der Waals surface area contributed by atoms with E-state index in [0.29, 0.717) is 6.67 Å². The normalized spacial score (nSPS) is 12.0. The fraction of sp³-hybridized carbons (Fsp3) is 0.105. The van der Waals surface area contributed by atoms with Crippen LogP contribution in [0.1, 0.15) is 34.7 Å². The van der Waals surface area contributed by atoms with Crippen LogP contribution in [0.5, 0.6) is 0 Å². The summed E-state index contributed by atoms with van der Waals surface area (Å²) in [5.41, 5.74) is 15.9. The lowest BCUT2D eigenvalue weighted by atomic mass is 9.89. The third kappa shape index (κ3) is 5.40. The van der Waals surface area contributed by atoms with Crippen LogP contribution in [-0.4, -0.2) is 16.8 Å². The molecule has 1 aliphatic rings. The minimum Gasteiger partial charge on any atom is -0.371 e. The molecule has 0 saturated heterocycles. The Morgan fingerprint density at radius 2 is 1.41 bits per heavy atom. The van der Waals surface area contributed by atoms with Crippen LogP contribution in [0.3, 0.4) is 0 Å². The zero-order valence-corrected chi connectivity index (χ0v) is 25.7. The minimum atomic E-state index is 0.705. The molecule has 0 bridgehead atoms. The molecule has 0 aliphatic heterocycles. The molecule has 0 fully saturated rings. The number of nitrogens with one attached hydrogen (secondary N) is 1.